The van der Waals surface area contributed by atoms with Crippen LogP contribution < -0.4 is 10.0 Å². The number of benzene rings is 2. The van der Waals surface area contributed by atoms with Crippen LogP contribution in [-0.4, -0.2) is 14.5 Å². The molecule has 2 N–H and O–H groups in total. The monoisotopic (exact) mass is 322 g/mol. The lowest BCUT2D eigenvalue weighted by atomic mass is 10.1. The second-order valence-corrected chi connectivity index (χ2v) is 7.36. The lowest BCUT2D eigenvalue weighted by molar-refractivity contribution is 0.584. The van der Waals surface area contributed by atoms with Gasteiger partial charge in [-0.2, -0.15) is 0 Å². The molecule has 2 aromatic carbocycles. The third kappa shape index (κ3) is 2.26. The highest BCUT2D eigenvalue weighted by Gasteiger charge is 2.36. The molecule has 0 saturated carbocycles. The van der Waals surface area contributed by atoms with Gasteiger partial charge in [-0.05, 0) is 43.2 Å². The van der Waals surface area contributed by atoms with E-state index in [1.165, 1.54) is 16.4 Å². The molecule has 21 heavy (non-hydrogen) atoms. The van der Waals surface area contributed by atoms with E-state index in [-0.39, 0.29) is 16.0 Å². The molecule has 1 heterocycles. The average molecular weight is 323 g/mol. The van der Waals surface area contributed by atoms with Gasteiger partial charge in [-0.3, -0.25) is 4.31 Å². The molecule has 0 radical (unpaired) electrons. The minimum absolute atomic E-state index is 0.0851. The highest BCUT2D eigenvalue weighted by molar-refractivity contribution is 7.93. The number of halogens is 1. The fourth-order valence-corrected chi connectivity index (χ4v) is 4.96. The zero-order valence-corrected chi connectivity index (χ0v) is 13.0. The molecule has 0 aromatic heterocycles. The Morgan fingerprint density at radius 2 is 1.95 bits per heavy atom. The summed E-state index contributed by atoms with van der Waals surface area (Å²) in [5.41, 5.74) is 7.82. The molecule has 2 aromatic rings. The van der Waals surface area contributed by atoms with Crippen molar-refractivity contribution in [3.8, 4) is 0 Å². The predicted octanol–water partition coefficient (Wildman–Crippen LogP) is 3.06. The molecule has 3 rings (SSSR count). The molecule has 1 unspecified atom stereocenters. The maximum Gasteiger partial charge on any atom is 0.266 e. The van der Waals surface area contributed by atoms with E-state index in [1.807, 2.05) is 31.2 Å². The second kappa shape index (κ2) is 4.93. The molecule has 0 bridgehead atoms. The third-order valence-electron chi connectivity index (χ3n) is 3.64. The number of rotatable bonds is 2. The smallest absolute Gasteiger partial charge is 0.266 e. The van der Waals surface area contributed by atoms with Crippen LogP contribution in [0.5, 0.6) is 0 Å². The molecular weight excluding hydrogens is 308 g/mol. The molecule has 0 fully saturated rings. The number of hydrogen-bond donors (Lipinski definition) is 1. The highest BCUT2D eigenvalue weighted by atomic mass is 35.5. The van der Waals surface area contributed by atoms with Gasteiger partial charge in [0, 0.05) is 11.7 Å². The Morgan fingerprint density at radius 3 is 2.67 bits per heavy atom. The molecule has 0 spiro atoms. The van der Waals surface area contributed by atoms with Crippen molar-refractivity contribution in [2.24, 2.45) is 0 Å². The van der Waals surface area contributed by atoms with Gasteiger partial charge in [0.05, 0.1) is 10.7 Å². The topological polar surface area (TPSA) is 63.4 Å². The van der Waals surface area contributed by atoms with E-state index in [4.69, 9.17) is 17.3 Å². The Labute approximate surface area is 129 Å². The number of sulfonamides is 1. The van der Waals surface area contributed by atoms with Gasteiger partial charge in [0.1, 0.15) is 4.90 Å². The number of nitrogens with two attached hydrogens (primary N) is 1. The van der Waals surface area contributed by atoms with Crippen molar-refractivity contribution in [3.63, 3.8) is 0 Å². The van der Waals surface area contributed by atoms with Gasteiger partial charge in [-0.15, -0.1) is 0 Å². The van der Waals surface area contributed by atoms with Crippen LogP contribution in [-0.2, 0) is 16.4 Å². The van der Waals surface area contributed by atoms with Crippen molar-refractivity contribution in [1.29, 1.82) is 0 Å². The zero-order valence-electron chi connectivity index (χ0n) is 11.5. The van der Waals surface area contributed by atoms with Crippen molar-refractivity contribution in [2.75, 3.05) is 10.0 Å². The van der Waals surface area contributed by atoms with Crippen molar-refractivity contribution < 1.29 is 8.42 Å². The highest BCUT2D eigenvalue weighted by Crippen LogP contribution is 2.38. The van der Waals surface area contributed by atoms with E-state index >= 15 is 0 Å². The Balaban J connectivity index is 2.15. The molecule has 4 nitrogen and oxygen atoms in total. The van der Waals surface area contributed by atoms with Gasteiger partial charge in [-0.25, -0.2) is 8.42 Å². The van der Waals surface area contributed by atoms with Crippen molar-refractivity contribution in [3.05, 3.63) is 53.1 Å². The quantitative estimate of drug-likeness (QED) is 0.864. The first kappa shape index (κ1) is 14.2. The van der Waals surface area contributed by atoms with Crippen molar-refractivity contribution >= 4 is 33.0 Å². The first-order chi connectivity index (χ1) is 9.91. The van der Waals surface area contributed by atoms with Gasteiger partial charge >= 0.3 is 0 Å². The van der Waals surface area contributed by atoms with Crippen LogP contribution in [0, 0.1) is 0 Å². The number of para-hydroxylation sites is 1. The summed E-state index contributed by atoms with van der Waals surface area (Å²) in [5, 5.41) is 0.145. The number of fused-ring (bicyclic) bond motifs is 1. The van der Waals surface area contributed by atoms with Crippen LogP contribution in [0.25, 0.3) is 0 Å². The summed E-state index contributed by atoms with van der Waals surface area (Å²) in [6, 6.07) is 11.9. The molecular formula is C15H15ClN2O2S. The zero-order chi connectivity index (χ0) is 15.2. The number of nitrogens with zero attached hydrogens (tertiary/aromatic N) is 1. The van der Waals surface area contributed by atoms with E-state index in [9.17, 15) is 8.42 Å². The summed E-state index contributed by atoms with van der Waals surface area (Å²) in [4.78, 5) is 0.0851. The fraction of sp³-hybridized carbons (Fsp3) is 0.200. The average Bonchev–Trinajstić information content (AvgIpc) is 2.74. The number of anilines is 2. The van der Waals surface area contributed by atoms with Crippen LogP contribution in [0.3, 0.4) is 0 Å². The lowest BCUT2D eigenvalue weighted by Crippen LogP contribution is -2.35. The van der Waals surface area contributed by atoms with E-state index in [2.05, 4.69) is 0 Å². The summed E-state index contributed by atoms with van der Waals surface area (Å²) in [5.74, 6) is 0. The summed E-state index contributed by atoms with van der Waals surface area (Å²) in [6.45, 7) is 1.89. The molecule has 110 valence electrons. The Bertz CT molecular complexity index is 805. The summed E-state index contributed by atoms with van der Waals surface area (Å²) in [6.07, 6.45) is 0.696. The number of hydrogen-bond acceptors (Lipinski definition) is 3. The lowest BCUT2D eigenvalue weighted by Gasteiger charge is -2.25. The normalized spacial score (nSPS) is 17.8. The molecule has 6 heteroatoms. The SMILES string of the molecule is CC1Cc2ccccc2N1S(=O)(=O)c1ccc(N)cc1Cl. The van der Waals surface area contributed by atoms with Gasteiger partial charge in [0.25, 0.3) is 10.0 Å². The first-order valence-electron chi connectivity index (χ1n) is 6.58. The Kier molecular flexibility index (Phi) is 3.34. The van der Waals surface area contributed by atoms with Crippen LogP contribution in [0.1, 0.15) is 12.5 Å². The van der Waals surface area contributed by atoms with Crippen LogP contribution >= 0.6 is 11.6 Å². The summed E-state index contributed by atoms with van der Waals surface area (Å²) >= 11 is 6.08. The van der Waals surface area contributed by atoms with Crippen LogP contribution in [0.2, 0.25) is 5.02 Å². The minimum Gasteiger partial charge on any atom is -0.399 e. The van der Waals surface area contributed by atoms with Crippen LogP contribution in [0.15, 0.2) is 47.4 Å². The Hall–Kier alpha value is -1.72. The van der Waals surface area contributed by atoms with Crippen molar-refractivity contribution in [2.45, 2.75) is 24.3 Å². The molecule has 1 aliphatic rings. The standard InChI is InChI=1S/C15H15ClN2O2S/c1-10-8-11-4-2-3-5-14(11)18(10)21(19,20)15-7-6-12(17)9-13(15)16/h2-7,9-10H,8,17H2,1H3. The summed E-state index contributed by atoms with van der Waals surface area (Å²) in [7, 11) is -3.70. The molecule has 1 atom stereocenters. The third-order valence-corrected chi connectivity index (χ3v) is 6.05. The second-order valence-electron chi connectivity index (χ2n) is 5.17. The van der Waals surface area contributed by atoms with E-state index in [0.29, 0.717) is 12.1 Å². The van der Waals surface area contributed by atoms with Gasteiger partial charge in [-0.1, -0.05) is 29.8 Å². The fourth-order valence-electron chi connectivity index (χ4n) is 2.74. The Morgan fingerprint density at radius 1 is 1.24 bits per heavy atom. The van der Waals surface area contributed by atoms with E-state index in [0.717, 1.165) is 11.3 Å². The molecule has 0 saturated heterocycles. The first-order valence-corrected chi connectivity index (χ1v) is 8.40. The van der Waals surface area contributed by atoms with E-state index in [1.54, 1.807) is 6.07 Å². The number of nitrogen functional groups attached to an aromatic ring is 1. The van der Waals surface area contributed by atoms with Gasteiger partial charge in [0.2, 0.25) is 0 Å². The van der Waals surface area contributed by atoms with Crippen LogP contribution in [0.4, 0.5) is 11.4 Å². The van der Waals surface area contributed by atoms with E-state index < -0.39 is 10.0 Å². The largest absolute Gasteiger partial charge is 0.399 e. The summed E-state index contributed by atoms with van der Waals surface area (Å²) < 4.78 is 27.3. The minimum atomic E-state index is -3.70. The predicted molar refractivity (Wildman–Crippen MR) is 85.1 cm³/mol. The molecule has 1 aliphatic heterocycles. The molecule has 0 amide bonds. The van der Waals surface area contributed by atoms with Crippen molar-refractivity contribution in [1.82, 2.24) is 0 Å². The maximum atomic E-state index is 12.9. The molecule has 0 aliphatic carbocycles. The van der Waals surface area contributed by atoms with Gasteiger partial charge in [0.15, 0.2) is 0 Å². The maximum absolute atomic E-state index is 12.9. The van der Waals surface area contributed by atoms with Gasteiger partial charge < -0.3 is 5.73 Å².